The first kappa shape index (κ1) is 17.8. The van der Waals surface area contributed by atoms with Crippen LogP contribution >= 0.6 is 0 Å². The largest absolute Gasteiger partial charge is 0.508 e. The lowest BCUT2D eigenvalue weighted by Gasteiger charge is -2.24. The van der Waals surface area contributed by atoms with E-state index in [9.17, 15) is 9.90 Å². The predicted octanol–water partition coefficient (Wildman–Crippen LogP) is 4.71. The number of amides is 1. The number of carbonyl (C=O) groups excluding carboxylic acids is 1. The van der Waals surface area contributed by atoms with Crippen LogP contribution in [0.4, 0.5) is 0 Å². The molecule has 0 saturated carbocycles. The van der Waals surface area contributed by atoms with E-state index in [1.54, 1.807) is 23.3 Å². The van der Waals surface area contributed by atoms with Crippen molar-refractivity contribution in [3.8, 4) is 5.75 Å². The number of furan rings is 1. The molecule has 0 aliphatic rings. The zero-order valence-corrected chi connectivity index (χ0v) is 14.8. The van der Waals surface area contributed by atoms with Gasteiger partial charge in [-0.15, -0.1) is 0 Å². The van der Waals surface area contributed by atoms with Gasteiger partial charge in [0.05, 0.1) is 12.8 Å². The predicted molar refractivity (Wildman–Crippen MR) is 101 cm³/mol. The number of hydrogen-bond donors (Lipinski definition) is 1. The quantitative estimate of drug-likeness (QED) is 0.672. The average molecular weight is 349 g/mol. The van der Waals surface area contributed by atoms with E-state index in [1.807, 2.05) is 54.6 Å². The Morgan fingerprint density at radius 2 is 1.73 bits per heavy atom. The monoisotopic (exact) mass is 349 g/mol. The van der Waals surface area contributed by atoms with Gasteiger partial charge in [-0.1, -0.05) is 55.5 Å². The molecule has 1 heterocycles. The lowest BCUT2D eigenvalue weighted by atomic mass is 9.97. The van der Waals surface area contributed by atoms with Gasteiger partial charge >= 0.3 is 0 Å². The van der Waals surface area contributed by atoms with Crippen LogP contribution in [-0.4, -0.2) is 15.9 Å². The standard InChI is InChI=1S/C22H23NO3/c1-17(18-8-3-2-4-9-18)14-22(25)23(16-20-11-7-13-26-20)15-19-10-5-6-12-21(19)24/h2-13,17,24H,14-16H2,1H3. The topological polar surface area (TPSA) is 53.7 Å². The highest BCUT2D eigenvalue weighted by molar-refractivity contribution is 5.77. The lowest BCUT2D eigenvalue weighted by Crippen LogP contribution is -2.30. The molecule has 2 aromatic carbocycles. The Hall–Kier alpha value is -3.01. The molecule has 1 aromatic heterocycles. The molecule has 0 bridgehead atoms. The van der Waals surface area contributed by atoms with Crippen LogP contribution in [0.15, 0.2) is 77.4 Å². The van der Waals surface area contributed by atoms with Gasteiger partial charge in [0, 0.05) is 18.5 Å². The number of carbonyl (C=O) groups is 1. The van der Waals surface area contributed by atoms with Crippen molar-refractivity contribution in [3.63, 3.8) is 0 Å². The third-order valence-electron chi connectivity index (χ3n) is 4.48. The molecule has 4 nitrogen and oxygen atoms in total. The van der Waals surface area contributed by atoms with E-state index in [0.717, 1.165) is 16.9 Å². The summed E-state index contributed by atoms with van der Waals surface area (Å²) in [6.07, 6.45) is 2.00. The summed E-state index contributed by atoms with van der Waals surface area (Å²) in [6.45, 7) is 2.77. The van der Waals surface area contributed by atoms with Gasteiger partial charge in [-0.05, 0) is 29.7 Å². The van der Waals surface area contributed by atoms with E-state index in [2.05, 4.69) is 6.92 Å². The van der Waals surface area contributed by atoms with Gasteiger partial charge in [0.1, 0.15) is 11.5 Å². The maximum Gasteiger partial charge on any atom is 0.223 e. The summed E-state index contributed by atoms with van der Waals surface area (Å²) >= 11 is 0. The highest BCUT2D eigenvalue weighted by Gasteiger charge is 2.20. The zero-order chi connectivity index (χ0) is 18.4. The number of para-hydroxylation sites is 1. The molecule has 26 heavy (non-hydrogen) atoms. The molecule has 1 N–H and O–H groups in total. The van der Waals surface area contributed by atoms with E-state index < -0.39 is 0 Å². The minimum Gasteiger partial charge on any atom is -0.508 e. The fourth-order valence-corrected chi connectivity index (χ4v) is 2.96. The normalized spacial score (nSPS) is 11.9. The maximum atomic E-state index is 13.0. The Labute approximate surface area is 153 Å². The molecule has 1 unspecified atom stereocenters. The summed E-state index contributed by atoms with van der Waals surface area (Å²) in [4.78, 5) is 14.7. The molecule has 3 aromatic rings. The van der Waals surface area contributed by atoms with Gasteiger partial charge in [0.2, 0.25) is 5.91 Å². The molecule has 134 valence electrons. The third kappa shape index (κ3) is 4.54. The summed E-state index contributed by atoms with van der Waals surface area (Å²) in [7, 11) is 0. The first-order valence-electron chi connectivity index (χ1n) is 8.75. The fourth-order valence-electron chi connectivity index (χ4n) is 2.96. The number of phenolic OH excluding ortho intramolecular Hbond substituents is 1. The minimum absolute atomic E-state index is 0.0287. The fraction of sp³-hybridized carbons (Fsp3) is 0.227. The summed E-state index contributed by atoms with van der Waals surface area (Å²) in [5, 5.41) is 10.1. The van der Waals surface area contributed by atoms with Gasteiger partial charge in [-0.3, -0.25) is 4.79 Å². The molecule has 0 fully saturated rings. The molecule has 1 amide bonds. The third-order valence-corrected chi connectivity index (χ3v) is 4.48. The first-order valence-corrected chi connectivity index (χ1v) is 8.75. The number of hydrogen-bond acceptors (Lipinski definition) is 3. The summed E-state index contributed by atoms with van der Waals surface area (Å²) in [6, 6.07) is 20.8. The van der Waals surface area contributed by atoms with E-state index in [0.29, 0.717) is 19.5 Å². The lowest BCUT2D eigenvalue weighted by molar-refractivity contribution is -0.133. The molecule has 0 radical (unpaired) electrons. The van der Waals surface area contributed by atoms with Crippen molar-refractivity contribution < 1.29 is 14.3 Å². The number of phenols is 1. The van der Waals surface area contributed by atoms with Crippen molar-refractivity contribution in [1.82, 2.24) is 4.90 Å². The van der Waals surface area contributed by atoms with Gasteiger partial charge in [0.15, 0.2) is 0 Å². The Balaban J connectivity index is 1.75. The van der Waals surface area contributed by atoms with E-state index in [1.165, 1.54) is 0 Å². The molecule has 3 rings (SSSR count). The number of nitrogens with zero attached hydrogens (tertiary/aromatic N) is 1. The van der Waals surface area contributed by atoms with Crippen molar-refractivity contribution in [1.29, 1.82) is 0 Å². The van der Waals surface area contributed by atoms with Crippen molar-refractivity contribution in [2.75, 3.05) is 0 Å². The summed E-state index contributed by atoms with van der Waals surface area (Å²) in [5.41, 5.74) is 1.86. The van der Waals surface area contributed by atoms with E-state index in [4.69, 9.17) is 4.42 Å². The molecule has 0 aliphatic carbocycles. The molecule has 0 aliphatic heterocycles. The Morgan fingerprint density at radius 1 is 1.00 bits per heavy atom. The average Bonchev–Trinajstić information content (AvgIpc) is 3.16. The highest BCUT2D eigenvalue weighted by atomic mass is 16.3. The second kappa shape index (κ2) is 8.39. The summed E-state index contributed by atoms with van der Waals surface area (Å²) in [5.74, 6) is 1.06. The smallest absolute Gasteiger partial charge is 0.223 e. The number of rotatable bonds is 7. The van der Waals surface area contributed by atoms with Crippen LogP contribution in [0, 0.1) is 0 Å². The van der Waals surface area contributed by atoms with Crippen LogP contribution < -0.4 is 0 Å². The number of benzene rings is 2. The minimum atomic E-state index is 0.0287. The zero-order valence-electron chi connectivity index (χ0n) is 14.8. The van der Waals surface area contributed by atoms with Crippen molar-refractivity contribution in [2.24, 2.45) is 0 Å². The van der Waals surface area contributed by atoms with Crippen LogP contribution in [-0.2, 0) is 17.9 Å². The maximum absolute atomic E-state index is 13.0. The Kier molecular flexibility index (Phi) is 5.74. The van der Waals surface area contributed by atoms with E-state index >= 15 is 0 Å². The number of aromatic hydroxyl groups is 1. The Bertz CT molecular complexity index is 828. The van der Waals surface area contributed by atoms with Crippen LogP contribution in [0.5, 0.6) is 5.75 Å². The summed E-state index contributed by atoms with van der Waals surface area (Å²) < 4.78 is 5.42. The second-order valence-electron chi connectivity index (χ2n) is 6.47. The SMILES string of the molecule is CC(CC(=O)N(Cc1ccco1)Cc1ccccc1O)c1ccccc1. The van der Waals surface area contributed by atoms with Crippen molar-refractivity contribution >= 4 is 5.91 Å². The van der Waals surface area contributed by atoms with Gasteiger partial charge in [-0.2, -0.15) is 0 Å². The van der Waals surface area contributed by atoms with Gasteiger partial charge in [0.25, 0.3) is 0 Å². The van der Waals surface area contributed by atoms with Crippen molar-refractivity contribution in [3.05, 3.63) is 89.9 Å². The molecule has 0 spiro atoms. The van der Waals surface area contributed by atoms with Gasteiger partial charge < -0.3 is 14.4 Å². The first-order chi connectivity index (χ1) is 12.6. The molecule has 0 saturated heterocycles. The second-order valence-corrected chi connectivity index (χ2v) is 6.47. The molecule has 1 atom stereocenters. The van der Waals surface area contributed by atoms with E-state index in [-0.39, 0.29) is 17.6 Å². The van der Waals surface area contributed by atoms with Crippen LogP contribution in [0.3, 0.4) is 0 Å². The molecule has 4 heteroatoms. The highest BCUT2D eigenvalue weighted by Crippen LogP contribution is 2.23. The Morgan fingerprint density at radius 3 is 2.42 bits per heavy atom. The van der Waals surface area contributed by atoms with Gasteiger partial charge in [-0.25, -0.2) is 0 Å². The van der Waals surface area contributed by atoms with Crippen LogP contribution in [0.25, 0.3) is 0 Å². The molecular weight excluding hydrogens is 326 g/mol. The van der Waals surface area contributed by atoms with Crippen LogP contribution in [0.2, 0.25) is 0 Å². The molecular formula is C22H23NO3. The van der Waals surface area contributed by atoms with Crippen LogP contribution in [0.1, 0.15) is 36.1 Å². The van der Waals surface area contributed by atoms with Crippen molar-refractivity contribution in [2.45, 2.75) is 32.4 Å².